The molecule has 0 saturated heterocycles. The molecule has 0 amide bonds. The number of sulfone groups is 1. The third-order valence-corrected chi connectivity index (χ3v) is 6.17. The van der Waals surface area contributed by atoms with Crippen LogP contribution in [0.1, 0.15) is 30.1 Å². The zero-order valence-electron chi connectivity index (χ0n) is 14.9. The summed E-state index contributed by atoms with van der Waals surface area (Å²) >= 11 is 0. The van der Waals surface area contributed by atoms with E-state index in [1.807, 2.05) is 0 Å². The second-order valence-corrected chi connectivity index (χ2v) is 8.41. The lowest BCUT2D eigenvalue weighted by molar-refractivity contribution is -0.384. The van der Waals surface area contributed by atoms with E-state index < -0.39 is 36.9 Å². The van der Waals surface area contributed by atoms with Crippen molar-refractivity contribution in [3.63, 3.8) is 0 Å². The Morgan fingerprint density at radius 3 is 2.72 bits per heavy atom. The summed E-state index contributed by atoms with van der Waals surface area (Å²) in [5.74, 6) is 0. The first-order valence-corrected chi connectivity index (χ1v) is 10.1. The largest absolute Gasteiger partial charge is 0.501 e. The first kappa shape index (κ1) is 21.0. The van der Waals surface area contributed by atoms with Crippen LogP contribution in [0.25, 0.3) is 0 Å². The molecule has 13 heteroatoms. The molecule has 29 heavy (non-hydrogen) atoms. The van der Waals surface area contributed by atoms with Crippen molar-refractivity contribution in [3.8, 4) is 0 Å². The molecule has 0 bridgehead atoms. The smallest absolute Gasteiger partial charge is 0.394 e. The lowest BCUT2D eigenvalue weighted by Gasteiger charge is -2.25. The number of halogens is 3. The van der Waals surface area contributed by atoms with Gasteiger partial charge < -0.3 is 10.4 Å². The Labute approximate surface area is 163 Å². The number of anilines is 1. The molecule has 0 saturated carbocycles. The standard InChI is InChI=1S/C16H17F3N4O5S/c17-16(18,19)29(27,28)10-4-5-13(15(8-10)23(25)26)21-12-2-1-3-14-11(12)9-20-22(14)6-7-24/h4-5,8-9,12,21,24H,1-3,6-7H2/t12-/m0/s1. The lowest BCUT2D eigenvalue weighted by atomic mass is 9.92. The molecule has 1 aromatic carbocycles. The fourth-order valence-corrected chi connectivity index (χ4v) is 4.11. The highest BCUT2D eigenvalue weighted by atomic mass is 32.2. The topological polar surface area (TPSA) is 127 Å². The number of nitro groups is 1. The van der Waals surface area contributed by atoms with Gasteiger partial charge in [0.2, 0.25) is 0 Å². The number of nitro benzene ring substituents is 1. The third kappa shape index (κ3) is 3.92. The van der Waals surface area contributed by atoms with Crippen molar-refractivity contribution in [1.82, 2.24) is 9.78 Å². The van der Waals surface area contributed by atoms with Gasteiger partial charge in [-0.25, -0.2) is 8.42 Å². The zero-order chi connectivity index (χ0) is 21.4. The molecule has 158 valence electrons. The van der Waals surface area contributed by atoms with E-state index in [0.717, 1.165) is 23.7 Å². The number of aromatic nitrogens is 2. The van der Waals surface area contributed by atoms with Crippen LogP contribution in [-0.2, 0) is 22.8 Å². The van der Waals surface area contributed by atoms with Gasteiger partial charge in [-0.05, 0) is 31.4 Å². The van der Waals surface area contributed by atoms with Crippen LogP contribution in [0.5, 0.6) is 0 Å². The molecule has 2 aromatic rings. The van der Waals surface area contributed by atoms with E-state index in [0.29, 0.717) is 31.5 Å². The van der Waals surface area contributed by atoms with Crippen LogP contribution in [0.3, 0.4) is 0 Å². The van der Waals surface area contributed by atoms with E-state index in [1.54, 1.807) is 10.9 Å². The Balaban J connectivity index is 1.96. The highest BCUT2D eigenvalue weighted by molar-refractivity contribution is 7.92. The summed E-state index contributed by atoms with van der Waals surface area (Å²) in [4.78, 5) is 9.25. The summed E-state index contributed by atoms with van der Waals surface area (Å²) in [5, 5.41) is 27.6. The maximum absolute atomic E-state index is 12.8. The Hall–Kier alpha value is -2.67. The van der Waals surface area contributed by atoms with Crippen LogP contribution in [0.4, 0.5) is 24.5 Å². The van der Waals surface area contributed by atoms with Gasteiger partial charge in [-0.2, -0.15) is 18.3 Å². The van der Waals surface area contributed by atoms with Crippen LogP contribution in [0.15, 0.2) is 29.3 Å². The van der Waals surface area contributed by atoms with Crippen molar-refractivity contribution in [1.29, 1.82) is 0 Å². The van der Waals surface area contributed by atoms with E-state index in [-0.39, 0.29) is 12.3 Å². The number of aliphatic hydroxyl groups is 1. The highest BCUT2D eigenvalue weighted by Gasteiger charge is 2.47. The summed E-state index contributed by atoms with van der Waals surface area (Å²) in [7, 11) is -5.70. The number of nitrogens with one attached hydrogen (secondary N) is 1. The molecular weight excluding hydrogens is 417 g/mol. The minimum atomic E-state index is -5.70. The van der Waals surface area contributed by atoms with Crippen LogP contribution in [0, 0.1) is 10.1 Å². The van der Waals surface area contributed by atoms with Crippen molar-refractivity contribution in [2.45, 2.75) is 42.3 Å². The molecule has 1 aliphatic carbocycles. The van der Waals surface area contributed by atoms with Gasteiger partial charge in [0.1, 0.15) is 5.69 Å². The minimum Gasteiger partial charge on any atom is -0.394 e. The van der Waals surface area contributed by atoms with Gasteiger partial charge in [0.25, 0.3) is 15.5 Å². The van der Waals surface area contributed by atoms with E-state index in [1.165, 1.54) is 0 Å². The molecule has 1 heterocycles. The van der Waals surface area contributed by atoms with Crippen molar-refractivity contribution in [3.05, 3.63) is 45.8 Å². The summed E-state index contributed by atoms with van der Waals surface area (Å²) in [5.41, 5.74) is -4.79. The minimum absolute atomic E-state index is 0.0936. The quantitative estimate of drug-likeness (QED) is 0.528. The van der Waals surface area contributed by atoms with Crippen LogP contribution in [0.2, 0.25) is 0 Å². The molecule has 0 aliphatic heterocycles. The monoisotopic (exact) mass is 434 g/mol. The number of rotatable bonds is 6. The number of fused-ring (bicyclic) bond motifs is 1. The Morgan fingerprint density at radius 2 is 2.10 bits per heavy atom. The fourth-order valence-electron chi connectivity index (χ4n) is 3.33. The Bertz CT molecular complexity index is 1040. The predicted octanol–water partition coefficient (Wildman–Crippen LogP) is 2.57. The van der Waals surface area contributed by atoms with Crippen molar-refractivity contribution >= 4 is 21.2 Å². The average molecular weight is 434 g/mol. The molecule has 0 fully saturated rings. The fraction of sp³-hybridized carbons (Fsp3) is 0.438. The van der Waals surface area contributed by atoms with E-state index in [4.69, 9.17) is 5.11 Å². The molecule has 0 radical (unpaired) electrons. The maximum atomic E-state index is 12.8. The molecule has 3 rings (SSSR count). The Kier molecular flexibility index (Phi) is 5.54. The van der Waals surface area contributed by atoms with Crippen LogP contribution < -0.4 is 5.32 Å². The number of aliphatic hydroxyl groups excluding tert-OH is 1. The molecule has 0 spiro atoms. The van der Waals surface area contributed by atoms with Gasteiger partial charge in [0.15, 0.2) is 0 Å². The van der Waals surface area contributed by atoms with Gasteiger partial charge in [0, 0.05) is 17.3 Å². The van der Waals surface area contributed by atoms with E-state index in [9.17, 15) is 31.7 Å². The SMILES string of the molecule is O=[N+]([O-])c1cc(S(=O)(=O)C(F)(F)F)ccc1N[C@H]1CCCc2c1cnn2CCO. The first-order chi connectivity index (χ1) is 13.6. The van der Waals surface area contributed by atoms with E-state index in [2.05, 4.69) is 10.4 Å². The summed E-state index contributed by atoms with van der Waals surface area (Å²) in [6.07, 6.45) is 3.61. The third-order valence-electron chi connectivity index (χ3n) is 4.69. The Morgan fingerprint density at radius 1 is 1.38 bits per heavy atom. The molecule has 1 atom stereocenters. The first-order valence-electron chi connectivity index (χ1n) is 8.58. The van der Waals surface area contributed by atoms with E-state index >= 15 is 0 Å². The van der Waals surface area contributed by atoms with Gasteiger partial charge in [-0.1, -0.05) is 0 Å². The molecule has 1 aliphatic rings. The number of nitrogens with zero attached hydrogens (tertiary/aromatic N) is 3. The average Bonchev–Trinajstić information content (AvgIpc) is 3.05. The van der Waals surface area contributed by atoms with Gasteiger partial charge in [-0.15, -0.1) is 0 Å². The number of hydrogen-bond donors (Lipinski definition) is 2. The van der Waals surface area contributed by atoms with Crippen molar-refractivity contribution in [2.24, 2.45) is 0 Å². The number of hydrogen-bond acceptors (Lipinski definition) is 7. The lowest BCUT2D eigenvalue weighted by Crippen LogP contribution is -2.23. The molecule has 9 nitrogen and oxygen atoms in total. The highest BCUT2D eigenvalue weighted by Crippen LogP contribution is 2.38. The normalized spacial score (nSPS) is 17.0. The zero-order valence-corrected chi connectivity index (χ0v) is 15.7. The number of benzene rings is 1. The summed E-state index contributed by atoms with van der Waals surface area (Å²) < 4.78 is 63.0. The van der Waals surface area contributed by atoms with Crippen LogP contribution >= 0.6 is 0 Å². The van der Waals surface area contributed by atoms with Crippen LogP contribution in [-0.4, -0.2) is 40.3 Å². The van der Waals surface area contributed by atoms with Crippen molar-refractivity contribution in [2.75, 3.05) is 11.9 Å². The second kappa shape index (κ2) is 7.63. The second-order valence-electron chi connectivity index (χ2n) is 6.47. The van der Waals surface area contributed by atoms with Gasteiger partial charge >= 0.3 is 5.51 Å². The predicted molar refractivity (Wildman–Crippen MR) is 95.0 cm³/mol. The van der Waals surface area contributed by atoms with Crippen molar-refractivity contribution < 1.29 is 31.6 Å². The summed E-state index contributed by atoms with van der Waals surface area (Å²) in [6, 6.07) is 1.67. The molecule has 1 aromatic heterocycles. The van der Waals surface area contributed by atoms with Gasteiger partial charge in [-0.3, -0.25) is 14.8 Å². The molecule has 0 unspecified atom stereocenters. The molecule has 2 N–H and O–H groups in total. The van der Waals surface area contributed by atoms with Gasteiger partial charge in [0.05, 0.1) is 35.2 Å². The molecular formula is C16H17F3N4O5S. The summed E-state index contributed by atoms with van der Waals surface area (Å²) in [6.45, 7) is 0.193. The maximum Gasteiger partial charge on any atom is 0.501 e. The number of alkyl halides is 3.